The van der Waals surface area contributed by atoms with Crippen molar-refractivity contribution in [1.82, 2.24) is 5.32 Å². The fraction of sp³-hybridized carbons (Fsp3) is 0.133. The zero-order valence-corrected chi connectivity index (χ0v) is 13.2. The molecule has 2 aromatic carbocycles. The molecule has 0 aliphatic rings. The van der Waals surface area contributed by atoms with Crippen molar-refractivity contribution in [2.24, 2.45) is 0 Å². The minimum Gasteiger partial charge on any atom is -0.398 e. The zero-order valence-electron chi connectivity index (χ0n) is 10.9. The lowest BCUT2D eigenvalue weighted by Gasteiger charge is -2.15. The van der Waals surface area contributed by atoms with Gasteiger partial charge in [0.2, 0.25) is 0 Å². The lowest BCUT2D eigenvalue weighted by atomic mass is 10.1. The van der Waals surface area contributed by atoms with Crippen LogP contribution in [0.5, 0.6) is 0 Å². The highest BCUT2D eigenvalue weighted by Gasteiger charge is 2.12. The Balaban J connectivity index is 2.13. The molecule has 0 spiro atoms. The van der Waals surface area contributed by atoms with E-state index in [9.17, 15) is 4.79 Å². The average Bonchev–Trinajstić information content (AvgIpc) is 2.41. The first-order valence-electron chi connectivity index (χ1n) is 6.08. The van der Waals surface area contributed by atoms with Crippen LogP contribution >= 0.6 is 27.5 Å². The van der Waals surface area contributed by atoms with Crippen LogP contribution in [0.15, 0.2) is 46.9 Å². The number of nitrogens with two attached hydrogens (primary N) is 1. The highest BCUT2D eigenvalue weighted by Crippen LogP contribution is 2.21. The SMILES string of the molecule is C[C@H](NC(=O)c1ccc(N)c(Cl)c1)c1cccc(Br)c1. The molecule has 0 heterocycles. The van der Waals surface area contributed by atoms with Gasteiger partial charge in [0.1, 0.15) is 0 Å². The standard InChI is InChI=1S/C15H14BrClN2O/c1-9(10-3-2-4-12(16)7-10)19-15(20)11-5-6-14(18)13(17)8-11/h2-9H,18H2,1H3,(H,19,20)/t9-/m0/s1. The van der Waals surface area contributed by atoms with Crippen molar-refractivity contribution in [3.63, 3.8) is 0 Å². The third-order valence-corrected chi connectivity index (χ3v) is 3.78. The van der Waals surface area contributed by atoms with E-state index in [4.69, 9.17) is 17.3 Å². The summed E-state index contributed by atoms with van der Waals surface area (Å²) in [6.07, 6.45) is 0. The van der Waals surface area contributed by atoms with Gasteiger partial charge in [-0.25, -0.2) is 0 Å². The average molecular weight is 354 g/mol. The monoisotopic (exact) mass is 352 g/mol. The maximum Gasteiger partial charge on any atom is 0.251 e. The van der Waals surface area contributed by atoms with E-state index in [0.717, 1.165) is 10.0 Å². The number of nitrogen functional groups attached to an aromatic ring is 1. The van der Waals surface area contributed by atoms with Crippen molar-refractivity contribution in [1.29, 1.82) is 0 Å². The van der Waals surface area contributed by atoms with E-state index in [1.54, 1.807) is 18.2 Å². The normalized spacial score (nSPS) is 11.9. The molecule has 3 nitrogen and oxygen atoms in total. The molecule has 2 rings (SSSR count). The van der Waals surface area contributed by atoms with Gasteiger partial charge in [-0.2, -0.15) is 0 Å². The van der Waals surface area contributed by atoms with Gasteiger partial charge in [0.05, 0.1) is 16.8 Å². The van der Waals surface area contributed by atoms with Gasteiger partial charge < -0.3 is 11.1 Å². The van der Waals surface area contributed by atoms with E-state index < -0.39 is 0 Å². The topological polar surface area (TPSA) is 55.1 Å². The number of carbonyl (C=O) groups is 1. The van der Waals surface area contributed by atoms with Gasteiger partial charge in [0.25, 0.3) is 5.91 Å². The molecule has 0 fully saturated rings. The van der Waals surface area contributed by atoms with Crippen LogP contribution in [0.1, 0.15) is 28.9 Å². The summed E-state index contributed by atoms with van der Waals surface area (Å²) >= 11 is 9.34. The minimum absolute atomic E-state index is 0.101. The van der Waals surface area contributed by atoms with Crippen molar-refractivity contribution < 1.29 is 4.79 Å². The number of carbonyl (C=O) groups excluding carboxylic acids is 1. The predicted octanol–water partition coefficient (Wildman–Crippen LogP) is 4.18. The van der Waals surface area contributed by atoms with Crippen molar-refractivity contribution in [3.05, 3.63) is 63.1 Å². The molecule has 0 bridgehead atoms. The third kappa shape index (κ3) is 3.52. The molecule has 3 N–H and O–H groups in total. The highest BCUT2D eigenvalue weighted by atomic mass is 79.9. The minimum atomic E-state index is -0.181. The van der Waals surface area contributed by atoms with Crippen molar-refractivity contribution >= 4 is 39.1 Å². The second-order valence-electron chi connectivity index (χ2n) is 4.49. The van der Waals surface area contributed by atoms with Crippen LogP contribution < -0.4 is 11.1 Å². The van der Waals surface area contributed by atoms with Gasteiger partial charge in [0, 0.05) is 10.0 Å². The first-order chi connectivity index (χ1) is 9.47. The lowest BCUT2D eigenvalue weighted by Crippen LogP contribution is -2.26. The highest BCUT2D eigenvalue weighted by molar-refractivity contribution is 9.10. The number of hydrogen-bond donors (Lipinski definition) is 2. The van der Waals surface area contributed by atoms with Crippen molar-refractivity contribution in [2.75, 3.05) is 5.73 Å². The van der Waals surface area contributed by atoms with Crippen LogP contribution in [0.3, 0.4) is 0 Å². The van der Waals surface area contributed by atoms with E-state index >= 15 is 0 Å². The molecule has 104 valence electrons. The van der Waals surface area contributed by atoms with Gasteiger partial charge in [-0.05, 0) is 42.8 Å². The molecule has 2 aromatic rings. The predicted molar refractivity (Wildman–Crippen MR) is 85.9 cm³/mol. The molecule has 1 amide bonds. The molecule has 0 saturated heterocycles. The van der Waals surface area contributed by atoms with Gasteiger partial charge in [-0.1, -0.05) is 39.7 Å². The Morgan fingerprint density at radius 3 is 2.70 bits per heavy atom. The molecule has 0 aliphatic heterocycles. The second-order valence-corrected chi connectivity index (χ2v) is 5.81. The summed E-state index contributed by atoms with van der Waals surface area (Å²) in [4.78, 5) is 12.2. The van der Waals surface area contributed by atoms with E-state index in [0.29, 0.717) is 16.3 Å². The van der Waals surface area contributed by atoms with E-state index in [1.807, 2.05) is 31.2 Å². The first kappa shape index (κ1) is 14.9. The summed E-state index contributed by atoms with van der Waals surface area (Å²) < 4.78 is 0.978. The molecule has 5 heteroatoms. The Bertz CT molecular complexity index is 646. The maximum absolute atomic E-state index is 12.2. The largest absolute Gasteiger partial charge is 0.398 e. The van der Waals surface area contributed by atoms with Crippen LogP contribution in [0.4, 0.5) is 5.69 Å². The summed E-state index contributed by atoms with van der Waals surface area (Å²) in [5.41, 5.74) is 7.60. The molecule has 0 aromatic heterocycles. The van der Waals surface area contributed by atoms with Gasteiger partial charge >= 0.3 is 0 Å². The van der Waals surface area contributed by atoms with E-state index in [2.05, 4.69) is 21.2 Å². The zero-order chi connectivity index (χ0) is 14.7. The summed E-state index contributed by atoms with van der Waals surface area (Å²) in [6.45, 7) is 1.93. The fourth-order valence-corrected chi connectivity index (χ4v) is 2.41. The number of benzene rings is 2. The number of nitrogens with one attached hydrogen (secondary N) is 1. The number of hydrogen-bond acceptors (Lipinski definition) is 2. The summed E-state index contributed by atoms with van der Waals surface area (Å²) in [6, 6.07) is 12.6. The van der Waals surface area contributed by atoms with Crippen molar-refractivity contribution in [2.45, 2.75) is 13.0 Å². The van der Waals surface area contributed by atoms with Gasteiger partial charge in [0.15, 0.2) is 0 Å². The van der Waals surface area contributed by atoms with E-state index in [-0.39, 0.29) is 11.9 Å². The van der Waals surface area contributed by atoms with Crippen LogP contribution in [-0.2, 0) is 0 Å². The molecular weight excluding hydrogens is 340 g/mol. The van der Waals surface area contributed by atoms with E-state index in [1.165, 1.54) is 0 Å². The van der Waals surface area contributed by atoms with Crippen LogP contribution in [0.2, 0.25) is 5.02 Å². The molecule has 0 radical (unpaired) electrons. The fourth-order valence-electron chi connectivity index (χ4n) is 1.81. The summed E-state index contributed by atoms with van der Waals surface area (Å²) in [7, 11) is 0. The molecule has 0 aliphatic carbocycles. The number of anilines is 1. The molecule has 0 unspecified atom stereocenters. The van der Waals surface area contributed by atoms with Crippen LogP contribution in [-0.4, -0.2) is 5.91 Å². The summed E-state index contributed by atoms with van der Waals surface area (Å²) in [5, 5.41) is 3.31. The maximum atomic E-state index is 12.2. The van der Waals surface area contributed by atoms with Crippen molar-refractivity contribution in [3.8, 4) is 0 Å². The Hall–Kier alpha value is -1.52. The van der Waals surface area contributed by atoms with Crippen LogP contribution in [0, 0.1) is 0 Å². The summed E-state index contributed by atoms with van der Waals surface area (Å²) in [5.74, 6) is -0.181. The molecular formula is C15H14BrClN2O. The molecule has 0 saturated carbocycles. The Morgan fingerprint density at radius 2 is 2.05 bits per heavy atom. The molecule has 1 atom stereocenters. The quantitative estimate of drug-likeness (QED) is 0.813. The van der Waals surface area contributed by atoms with Gasteiger partial charge in [-0.15, -0.1) is 0 Å². The van der Waals surface area contributed by atoms with Crippen LogP contribution in [0.25, 0.3) is 0 Å². The number of amides is 1. The lowest BCUT2D eigenvalue weighted by molar-refractivity contribution is 0.0940. The van der Waals surface area contributed by atoms with Gasteiger partial charge in [-0.3, -0.25) is 4.79 Å². The Morgan fingerprint density at radius 1 is 1.30 bits per heavy atom. The first-order valence-corrected chi connectivity index (χ1v) is 7.26. The Kier molecular flexibility index (Phi) is 4.68. The Labute approximate surface area is 131 Å². The number of rotatable bonds is 3. The molecule has 20 heavy (non-hydrogen) atoms. The second kappa shape index (κ2) is 6.29. The number of halogens is 2. The third-order valence-electron chi connectivity index (χ3n) is 2.96. The smallest absolute Gasteiger partial charge is 0.251 e.